The number of rotatable bonds is 8. The quantitative estimate of drug-likeness (QED) is 0.732. The molecular weight excluding hydrogens is 354 g/mol. The molecule has 0 aliphatic heterocycles. The van der Waals surface area contributed by atoms with Crippen LogP contribution in [0, 0.1) is 0 Å². The maximum absolute atomic E-state index is 12.6. The summed E-state index contributed by atoms with van der Waals surface area (Å²) in [7, 11) is 1.55. The predicted octanol–water partition coefficient (Wildman–Crippen LogP) is 1.79. The van der Waals surface area contributed by atoms with E-state index in [1.54, 1.807) is 36.4 Å². The second kappa shape index (κ2) is 8.68. The zero-order valence-electron chi connectivity index (χ0n) is 15.0. The van der Waals surface area contributed by atoms with Gasteiger partial charge >= 0.3 is 0 Å². The van der Waals surface area contributed by atoms with Crippen molar-refractivity contribution < 1.29 is 17.9 Å². The second-order valence-electron chi connectivity index (χ2n) is 5.92. The van der Waals surface area contributed by atoms with E-state index >= 15 is 0 Å². The van der Waals surface area contributed by atoms with E-state index in [0.717, 1.165) is 0 Å². The van der Waals surface area contributed by atoms with Crippen molar-refractivity contribution in [1.29, 1.82) is 0 Å². The first-order chi connectivity index (χ1) is 12.3. The molecule has 140 valence electrons. The van der Waals surface area contributed by atoms with Crippen LogP contribution in [0.15, 0.2) is 53.4 Å². The molecule has 8 heteroatoms. The molecule has 0 saturated carbocycles. The summed E-state index contributed by atoms with van der Waals surface area (Å²) in [5.74, 6) is 0.317. The van der Waals surface area contributed by atoms with Crippen LogP contribution in [0.2, 0.25) is 0 Å². The van der Waals surface area contributed by atoms with Crippen LogP contribution in [0.4, 0.5) is 5.69 Å². The number of benzene rings is 2. The number of hydrogen-bond donors (Lipinski definition) is 2. The number of carbonyl (C=O) groups excluding carboxylic acids is 1. The minimum atomic E-state index is -3.80. The Labute approximate surface area is 154 Å². The predicted molar refractivity (Wildman–Crippen MR) is 101 cm³/mol. The van der Waals surface area contributed by atoms with Crippen molar-refractivity contribution in [2.24, 2.45) is 0 Å². The molecule has 0 aromatic heterocycles. The van der Waals surface area contributed by atoms with Gasteiger partial charge < -0.3 is 15.0 Å². The molecule has 2 rings (SSSR count). The number of nitrogens with one attached hydrogen (secondary N) is 2. The van der Waals surface area contributed by atoms with Gasteiger partial charge in [0.25, 0.3) is 15.9 Å². The van der Waals surface area contributed by atoms with Crippen LogP contribution in [-0.2, 0) is 10.0 Å². The summed E-state index contributed by atoms with van der Waals surface area (Å²) < 4.78 is 32.6. The van der Waals surface area contributed by atoms with E-state index in [1.165, 1.54) is 19.2 Å². The standard InChI is InChI=1S/C18H23N3O4S/c1-21(2)12-11-19-18(22)14-5-4-6-17(13-14)26(23,24)20-15-7-9-16(25-3)10-8-15/h4-10,13,20H,11-12H2,1-3H3,(H,19,22). The van der Waals surface area contributed by atoms with Crippen LogP contribution in [0.1, 0.15) is 10.4 Å². The van der Waals surface area contributed by atoms with Crippen molar-refractivity contribution in [1.82, 2.24) is 10.2 Å². The number of likely N-dealkylation sites (N-methyl/N-ethyl adjacent to an activating group) is 1. The van der Waals surface area contributed by atoms with E-state index in [9.17, 15) is 13.2 Å². The number of carbonyl (C=O) groups is 1. The highest BCUT2D eigenvalue weighted by Gasteiger charge is 2.16. The Bertz CT molecular complexity index is 849. The molecule has 2 N–H and O–H groups in total. The zero-order chi connectivity index (χ0) is 19.2. The third kappa shape index (κ3) is 5.47. The van der Waals surface area contributed by atoms with Crippen molar-refractivity contribution in [3.8, 4) is 5.75 Å². The van der Waals surface area contributed by atoms with E-state index in [0.29, 0.717) is 30.1 Å². The van der Waals surface area contributed by atoms with Gasteiger partial charge in [0.15, 0.2) is 0 Å². The van der Waals surface area contributed by atoms with Gasteiger partial charge in [-0.15, -0.1) is 0 Å². The third-order valence-electron chi connectivity index (χ3n) is 3.59. The van der Waals surface area contributed by atoms with Crippen LogP contribution in [0.5, 0.6) is 5.75 Å². The molecule has 0 heterocycles. The van der Waals surface area contributed by atoms with Crippen LogP contribution in [0.3, 0.4) is 0 Å². The van der Waals surface area contributed by atoms with Crippen molar-refractivity contribution >= 4 is 21.6 Å². The molecule has 2 aromatic carbocycles. The Hall–Kier alpha value is -2.58. The number of nitrogens with zero attached hydrogens (tertiary/aromatic N) is 1. The Morgan fingerprint density at radius 3 is 2.42 bits per heavy atom. The minimum Gasteiger partial charge on any atom is -0.497 e. The van der Waals surface area contributed by atoms with Gasteiger partial charge in [-0.2, -0.15) is 0 Å². The maximum atomic E-state index is 12.6. The van der Waals surface area contributed by atoms with Crippen molar-refractivity contribution in [3.05, 3.63) is 54.1 Å². The molecule has 0 unspecified atom stereocenters. The lowest BCUT2D eigenvalue weighted by molar-refractivity contribution is 0.0951. The number of amides is 1. The topological polar surface area (TPSA) is 87.7 Å². The average Bonchev–Trinajstić information content (AvgIpc) is 2.62. The van der Waals surface area contributed by atoms with E-state index < -0.39 is 10.0 Å². The van der Waals surface area contributed by atoms with Gasteiger partial charge in [-0.3, -0.25) is 9.52 Å². The minimum absolute atomic E-state index is 0.0218. The van der Waals surface area contributed by atoms with E-state index in [4.69, 9.17) is 4.74 Å². The molecule has 1 amide bonds. The third-order valence-corrected chi connectivity index (χ3v) is 4.97. The van der Waals surface area contributed by atoms with Gasteiger partial charge in [0.05, 0.1) is 12.0 Å². The summed E-state index contributed by atoms with van der Waals surface area (Å²) in [4.78, 5) is 14.1. The fourth-order valence-electron chi connectivity index (χ4n) is 2.17. The Morgan fingerprint density at radius 2 is 1.81 bits per heavy atom. The molecule has 0 saturated heterocycles. The van der Waals surface area contributed by atoms with E-state index in [2.05, 4.69) is 10.0 Å². The van der Waals surface area contributed by atoms with Gasteiger partial charge in [0.1, 0.15) is 5.75 Å². The van der Waals surface area contributed by atoms with Crippen LogP contribution in [-0.4, -0.2) is 53.5 Å². The molecule has 0 fully saturated rings. The summed E-state index contributed by atoms with van der Waals surface area (Å²) in [6.45, 7) is 1.18. The first-order valence-corrected chi connectivity index (χ1v) is 9.50. The largest absolute Gasteiger partial charge is 0.497 e. The average molecular weight is 377 g/mol. The van der Waals surface area contributed by atoms with Gasteiger partial charge in [-0.25, -0.2) is 8.42 Å². The van der Waals surface area contributed by atoms with Crippen LogP contribution in [0.25, 0.3) is 0 Å². The first kappa shape index (κ1) is 19.7. The molecule has 0 aliphatic carbocycles. The fraction of sp³-hybridized carbons (Fsp3) is 0.278. The van der Waals surface area contributed by atoms with E-state index in [1.807, 2.05) is 19.0 Å². The highest BCUT2D eigenvalue weighted by molar-refractivity contribution is 7.92. The molecular formula is C18H23N3O4S. The van der Waals surface area contributed by atoms with Gasteiger partial charge in [0.2, 0.25) is 0 Å². The van der Waals surface area contributed by atoms with Crippen molar-refractivity contribution in [2.75, 3.05) is 39.0 Å². The lowest BCUT2D eigenvalue weighted by Gasteiger charge is -2.12. The summed E-state index contributed by atoms with van der Waals surface area (Å²) in [5.41, 5.74) is 0.702. The zero-order valence-corrected chi connectivity index (χ0v) is 15.8. The SMILES string of the molecule is COc1ccc(NS(=O)(=O)c2cccc(C(=O)NCCN(C)C)c2)cc1. The molecule has 0 radical (unpaired) electrons. The summed E-state index contributed by atoms with van der Waals surface area (Å²) >= 11 is 0. The lowest BCUT2D eigenvalue weighted by atomic mass is 10.2. The number of hydrogen-bond acceptors (Lipinski definition) is 5. The smallest absolute Gasteiger partial charge is 0.261 e. The summed E-state index contributed by atoms with van der Waals surface area (Å²) in [6, 6.07) is 12.5. The molecule has 0 aliphatic rings. The van der Waals surface area contributed by atoms with Crippen molar-refractivity contribution in [2.45, 2.75) is 4.90 Å². The molecule has 0 atom stereocenters. The summed E-state index contributed by atoms with van der Waals surface area (Å²) in [5, 5.41) is 2.76. The monoisotopic (exact) mass is 377 g/mol. The van der Waals surface area contributed by atoms with Gasteiger partial charge in [-0.1, -0.05) is 6.07 Å². The molecule has 0 spiro atoms. The van der Waals surface area contributed by atoms with Crippen LogP contribution >= 0.6 is 0 Å². The highest BCUT2D eigenvalue weighted by atomic mass is 32.2. The fourth-order valence-corrected chi connectivity index (χ4v) is 3.28. The maximum Gasteiger partial charge on any atom is 0.261 e. The second-order valence-corrected chi connectivity index (χ2v) is 7.60. The molecule has 7 nitrogen and oxygen atoms in total. The van der Waals surface area contributed by atoms with Crippen LogP contribution < -0.4 is 14.8 Å². The normalized spacial score (nSPS) is 11.2. The lowest BCUT2D eigenvalue weighted by Crippen LogP contribution is -2.31. The highest BCUT2D eigenvalue weighted by Crippen LogP contribution is 2.20. The Balaban J connectivity index is 2.12. The Morgan fingerprint density at radius 1 is 1.12 bits per heavy atom. The van der Waals surface area contributed by atoms with Gasteiger partial charge in [0, 0.05) is 24.3 Å². The van der Waals surface area contributed by atoms with Gasteiger partial charge in [-0.05, 0) is 56.6 Å². The van der Waals surface area contributed by atoms with E-state index in [-0.39, 0.29) is 10.8 Å². The number of sulfonamides is 1. The molecule has 2 aromatic rings. The number of methoxy groups -OCH3 is 1. The first-order valence-electron chi connectivity index (χ1n) is 8.02. The summed E-state index contributed by atoms with van der Waals surface area (Å²) in [6.07, 6.45) is 0. The number of ether oxygens (including phenoxy) is 1. The Kier molecular flexibility index (Phi) is 6.59. The molecule has 0 bridgehead atoms. The molecule has 26 heavy (non-hydrogen) atoms. The number of anilines is 1. The van der Waals surface area contributed by atoms with Crippen molar-refractivity contribution in [3.63, 3.8) is 0 Å².